The fraction of sp³-hybridized carbons (Fsp3) is 0.364. The Balaban J connectivity index is 1.91. The van der Waals surface area contributed by atoms with Crippen LogP contribution in [0, 0.1) is 5.82 Å². The standard InChI is InChI=1S/C22H27FN4OS/c1-15(24-10-11-28-5)12-18-14-29-21(26-18)19-13-25-27(22(2,3)4)20(19)16-6-8-17(23)9-7-16/h6-9,13-14,24H,1,10-12H2,2-5H3. The van der Waals surface area contributed by atoms with Crippen molar-refractivity contribution in [2.45, 2.75) is 32.7 Å². The van der Waals surface area contributed by atoms with Crippen LogP contribution in [0.5, 0.6) is 0 Å². The molecule has 0 bridgehead atoms. The van der Waals surface area contributed by atoms with Crippen LogP contribution in [0.4, 0.5) is 4.39 Å². The first kappa shape index (κ1) is 21.2. The summed E-state index contributed by atoms with van der Waals surface area (Å²) in [5, 5.41) is 10.8. The van der Waals surface area contributed by atoms with Crippen LogP contribution in [-0.2, 0) is 16.7 Å². The summed E-state index contributed by atoms with van der Waals surface area (Å²) in [6.07, 6.45) is 2.50. The first-order valence-corrected chi connectivity index (χ1v) is 10.4. The predicted octanol–water partition coefficient (Wildman–Crippen LogP) is 4.86. The Morgan fingerprint density at radius 2 is 2.00 bits per heavy atom. The number of benzene rings is 1. The first-order chi connectivity index (χ1) is 13.8. The summed E-state index contributed by atoms with van der Waals surface area (Å²) < 4.78 is 20.5. The predicted molar refractivity (Wildman–Crippen MR) is 116 cm³/mol. The number of allylic oxidation sites excluding steroid dienone is 1. The molecule has 1 N–H and O–H groups in total. The Labute approximate surface area is 175 Å². The summed E-state index contributed by atoms with van der Waals surface area (Å²) in [5.41, 5.74) is 4.44. The van der Waals surface area contributed by atoms with Crippen molar-refractivity contribution in [1.82, 2.24) is 20.1 Å². The molecule has 3 aromatic rings. The van der Waals surface area contributed by atoms with Gasteiger partial charge in [-0.15, -0.1) is 11.3 Å². The SMILES string of the molecule is C=C(Cc1csc(-c2cnn(C(C)(C)C)c2-c2ccc(F)cc2)n1)NCCOC. The average molecular weight is 415 g/mol. The summed E-state index contributed by atoms with van der Waals surface area (Å²) in [6.45, 7) is 11.7. The Morgan fingerprint density at radius 1 is 1.28 bits per heavy atom. The number of thiazole rings is 1. The zero-order valence-electron chi connectivity index (χ0n) is 17.3. The molecule has 154 valence electrons. The summed E-state index contributed by atoms with van der Waals surface area (Å²) in [6, 6.07) is 6.52. The lowest BCUT2D eigenvalue weighted by Crippen LogP contribution is -2.24. The third kappa shape index (κ3) is 5.10. The van der Waals surface area contributed by atoms with E-state index in [1.807, 2.05) is 16.3 Å². The van der Waals surface area contributed by atoms with Gasteiger partial charge in [-0.25, -0.2) is 9.37 Å². The van der Waals surface area contributed by atoms with Crippen LogP contribution in [0.1, 0.15) is 26.5 Å². The maximum absolute atomic E-state index is 13.5. The zero-order chi connectivity index (χ0) is 21.0. The average Bonchev–Trinajstić information content (AvgIpc) is 3.29. The Bertz CT molecular complexity index is 970. The molecule has 1 aromatic carbocycles. The number of hydrogen-bond acceptors (Lipinski definition) is 5. The lowest BCUT2D eigenvalue weighted by molar-refractivity contribution is 0.202. The van der Waals surface area contributed by atoms with Gasteiger partial charge in [-0.1, -0.05) is 6.58 Å². The molecule has 0 atom stereocenters. The Kier molecular flexibility index (Phi) is 6.49. The van der Waals surface area contributed by atoms with Gasteiger partial charge in [0, 0.05) is 36.7 Å². The van der Waals surface area contributed by atoms with Gasteiger partial charge in [0.25, 0.3) is 0 Å². The minimum absolute atomic E-state index is 0.221. The smallest absolute Gasteiger partial charge is 0.127 e. The number of methoxy groups -OCH3 is 1. The molecule has 0 spiro atoms. The van der Waals surface area contributed by atoms with Crippen LogP contribution in [0.25, 0.3) is 21.8 Å². The molecule has 0 aliphatic carbocycles. The molecule has 0 fully saturated rings. The maximum Gasteiger partial charge on any atom is 0.127 e. The van der Waals surface area contributed by atoms with Gasteiger partial charge < -0.3 is 10.1 Å². The minimum Gasteiger partial charge on any atom is -0.386 e. The number of nitrogens with one attached hydrogen (secondary N) is 1. The van der Waals surface area contributed by atoms with E-state index in [1.165, 1.54) is 12.1 Å². The molecular weight excluding hydrogens is 387 g/mol. The summed E-state index contributed by atoms with van der Waals surface area (Å²) in [7, 11) is 1.67. The van der Waals surface area contributed by atoms with Crippen molar-refractivity contribution >= 4 is 11.3 Å². The molecule has 29 heavy (non-hydrogen) atoms. The molecular formula is C22H27FN4OS. The van der Waals surface area contributed by atoms with E-state index in [0.717, 1.165) is 39.8 Å². The number of nitrogens with zero attached hydrogens (tertiary/aromatic N) is 3. The molecule has 0 aliphatic heterocycles. The zero-order valence-corrected chi connectivity index (χ0v) is 18.1. The van der Waals surface area contributed by atoms with E-state index < -0.39 is 0 Å². The maximum atomic E-state index is 13.5. The molecule has 2 heterocycles. The third-order valence-corrected chi connectivity index (χ3v) is 5.30. The van der Waals surface area contributed by atoms with Crippen LogP contribution in [0.3, 0.4) is 0 Å². The molecule has 2 aromatic heterocycles. The Morgan fingerprint density at radius 3 is 2.66 bits per heavy atom. The summed E-state index contributed by atoms with van der Waals surface area (Å²) >= 11 is 1.58. The summed E-state index contributed by atoms with van der Waals surface area (Å²) in [5.74, 6) is -0.256. The van der Waals surface area contributed by atoms with E-state index in [9.17, 15) is 4.39 Å². The fourth-order valence-corrected chi connectivity index (χ4v) is 3.85. The normalized spacial score (nSPS) is 11.6. The van der Waals surface area contributed by atoms with Crippen LogP contribution in [-0.4, -0.2) is 35.0 Å². The largest absolute Gasteiger partial charge is 0.386 e. The van der Waals surface area contributed by atoms with Gasteiger partial charge in [-0.05, 0) is 45.0 Å². The molecule has 7 heteroatoms. The lowest BCUT2D eigenvalue weighted by Gasteiger charge is -2.23. The van der Waals surface area contributed by atoms with Gasteiger partial charge in [0.2, 0.25) is 0 Å². The second-order valence-electron chi connectivity index (χ2n) is 7.84. The van der Waals surface area contributed by atoms with Crippen molar-refractivity contribution in [1.29, 1.82) is 0 Å². The summed E-state index contributed by atoms with van der Waals surface area (Å²) in [4.78, 5) is 4.81. The highest BCUT2D eigenvalue weighted by Crippen LogP contribution is 2.36. The van der Waals surface area contributed by atoms with Crippen LogP contribution in [0.2, 0.25) is 0 Å². The molecule has 0 unspecified atom stereocenters. The van der Waals surface area contributed by atoms with E-state index in [1.54, 1.807) is 30.6 Å². The van der Waals surface area contributed by atoms with Crippen LogP contribution in [0.15, 0.2) is 48.1 Å². The molecule has 0 aliphatic rings. The van der Waals surface area contributed by atoms with Crippen molar-refractivity contribution in [3.05, 3.63) is 59.6 Å². The van der Waals surface area contributed by atoms with Crippen molar-refractivity contribution in [2.24, 2.45) is 0 Å². The van der Waals surface area contributed by atoms with E-state index in [2.05, 4.69) is 37.8 Å². The van der Waals surface area contributed by atoms with Gasteiger partial charge in [0.1, 0.15) is 10.8 Å². The van der Waals surface area contributed by atoms with Gasteiger partial charge in [0.15, 0.2) is 0 Å². The van der Waals surface area contributed by atoms with Gasteiger partial charge in [-0.3, -0.25) is 4.68 Å². The molecule has 3 rings (SSSR count). The van der Waals surface area contributed by atoms with E-state index in [4.69, 9.17) is 9.72 Å². The minimum atomic E-state index is -0.256. The van der Waals surface area contributed by atoms with E-state index in [0.29, 0.717) is 13.0 Å². The third-order valence-electron chi connectivity index (χ3n) is 4.38. The van der Waals surface area contributed by atoms with Crippen molar-refractivity contribution < 1.29 is 9.13 Å². The first-order valence-electron chi connectivity index (χ1n) is 9.49. The quantitative estimate of drug-likeness (QED) is 0.535. The van der Waals surface area contributed by atoms with Crippen LogP contribution >= 0.6 is 11.3 Å². The second kappa shape index (κ2) is 8.88. The highest BCUT2D eigenvalue weighted by atomic mass is 32.1. The topological polar surface area (TPSA) is 52.0 Å². The molecule has 0 amide bonds. The molecule has 0 saturated carbocycles. The van der Waals surface area contributed by atoms with Crippen molar-refractivity contribution in [2.75, 3.05) is 20.3 Å². The monoisotopic (exact) mass is 414 g/mol. The number of rotatable bonds is 8. The van der Waals surface area contributed by atoms with Gasteiger partial charge in [0.05, 0.1) is 35.3 Å². The highest BCUT2D eigenvalue weighted by Gasteiger charge is 2.24. The molecule has 0 radical (unpaired) electrons. The number of halogens is 1. The van der Waals surface area contributed by atoms with Gasteiger partial charge in [-0.2, -0.15) is 5.10 Å². The van der Waals surface area contributed by atoms with Crippen molar-refractivity contribution in [3.8, 4) is 21.8 Å². The molecule has 0 saturated heterocycles. The second-order valence-corrected chi connectivity index (χ2v) is 8.70. The number of aromatic nitrogens is 3. The fourth-order valence-electron chi connectivity index (χ4n) is 3.02. The van der Waals surface area contributed by atoms with Gasteiger partial charge >= 0.3 is 0 Å². The highest BCUT2D eigenvalue weighted by molar-refractivity contribution is 7.13. The number of hydrogen-bond donors (Lipinski definition) is 1. The van der Waals surface area contributed by atoms with Crippen molar-refractivity contribution in [3.63, 3.8) is 0 Å². The van der Waals surface area contributed by atoms with Crippen LogP contribution < -0.4 is 5.32 Å². The number of ether oxygens (including phenoxy) is 1. The van der Waals surface area contributed by atoms with E-state index in [-0.39, 0.29) is 11.4 Å². The lowest BCUT2D eigenvalue weighted by atomic mass is 10.0. The molecule has 5 nitrogen and oxygen atoms in total. The van der Waals surface area contributed by atoms with E-state index >= 15 is 0 Å². The Hall–Kier alpha value is -2.51.